The van der Waals surface area contributed by atoms with E-state index in [-0.39, 0.29) is 0 Å². The van der Waals surface area contributed by atoms with Crippen molar-refractivity contribution in [3.63, 3.8) is 0 Å². The van der Waals surface area contributed by atoms with Crippen molar-refractivity contribution in [3.8, 4) is 11.1 Å². The van der Waals surface area contributed by atoms with Gasteiger partial charge in [0.05, 0.1) is 18.5 Å². The SMILES string of the molecule is ClOCc1cccc2c1Cc1ccccc1-2. The Bertz CT molecular complexity index is 534. The van der Waals surface area contributed by atoms with Crippen LogP contribution in [-0.2, 0) is 17.3 Å². The molecule has 3 rings (SSSR count). The highest BCUT2D eigenvalue weighted by Crippen LogP contribution is 2.38. The Balaban J connectivity index is 2.16. The molecule has 0 radical (unpaired) electrons. The molecule has 0 saturated carbocycles. The molecule has 0 aliphatic heterocycles. The molecule has 0 saturated heterocycles. The van der Waals surface area contributed by atoms with E-state index in [1.807, 2.05) is 0 Å². The highest BCUT2D eigenvalue weighted by molar-refractivity contribution is 6.07. The maximum Gasteiger partial charge on any atom is 0.0936 e. The summed E-state index contributed by atoms with van der Waals surface area (Å²) in [5.74, 6) is 0. The van der Waals surface area contributed by atoms with Gasteiger partial charge in [0, 0.05) is 0 Å². The van der Waals surface area contributed by atoms with Crippen LogP contribution in [0.15, 0.2) is 42.5 Å². The van der Waals surface area contributed by atoms with Gasteiger partial charge in [-0.25, -0.2) is 0 Å². The van der Waals surface area contributed by atoms with Gasteiger partial charge < -0.3 is 0 Å². The van der Waals surface area contributed by atoms with Crippen LogP contribution in [0.4, 0.5) is 0 Å². The minimum absolute atomic E-state index is 0.471. The standard InChI is InChI=1S/C14H11ClO/c15-16-9-11-5-3-7-13-12-6-2-1-4-10(12)8-14(11)13/h1-7H,8-9H2. The highest BCUT2D eigenvalue weighted by Gasteiger charge is 2.19. The van der Waals surface area contributed by atoms with Crippen molar-refractivity contribution in [1.82, 2.24) is 0 Å². The Labute approximate surface area is 99.8 Å². The molecule has 0 spiro atoms. The summed E-state index contributed by atoms with van der Waals surface area (Å²) in [6, 6.07) is 14.8. The summed E-state index contributed by atoms with van der Waals surface area (Å²) in [7, 11) is 0. The summed E-state index contributed by atoms with van der Waals surface area (Å²) in [5.41, 5.74) is 6.59. The Morgan fingerprint density at radius 2 is 1.81 bits per heavy atom. The lowest BCUT2D eigenvalue weighted by atomic mass is 10.0. The molecule has 2 heteroatoms. The van der Waals surface area contributed by atoms with Gasteiger partial charge in [0.15, 0.2) is 0 Å². The van der Waals surface area contributed by atoms with Gasteiger partial charge in [0.1, 0.15) is 0 Å². The zero-order valence-electron chi connectivity index (χ0n) is 8.74. The molecule has 1 nitrogen and oxygen atoms in total. The highest BCUT2D eigenvalue weighted by atomic mass is 35.5. The second-order valence-electron chi connectivity index (χ2n) is 4.03. The van der Waals surface area contributed by atoms with E-state index in [4.69, 9.17) is 16.2 Å². The molecular formula is C14H11ClO. The van der Waals surface area contributed by atoms with Gasteiger partial charge in [-0.2, -0.15) is 0 Å². The molecule has 80 valence electrons. The van der Waals surface area contributed by atoms with Crippen LogP contribution in [0.3, 0.4) is 0 Å². The van der Waals surface area contributed by atoms with E-state index >= 15 is 0 Å². The summed E-state index contributed by atoms with van der Waals surface area (Å²) in [4.78, 5) is 0. The van der Waals surface area contributed by atoms with E-state index < -0.39 is 0 Å². The Morgan fingerprint density at radius 1 is 1.00 bits per heavy atom. The number of hydrogen-bond acceptors (Lipinski definition) is 1. The Hall–Kier alpha value is -1.31. The fourth-order valence-electron chi connectivity index (χ4n) is 2.42. The zero-order valence-corrected chi connectivity index (χ0v) is 9.50. The maximum atomic E-state index is 5.35. The normalized spacial score (nSPS) is 12.3. The number of halogens is 1. The van der Waals surface area contributed by atoms with E-state index in [1.54, 1.807) is 0 Å². The van der Waals surface area contributed by atoms with Crippen molar-refractivity contribution in [3.05, 3.63) is 59.2 Å². The summed E-state index contributed by atoms with van der Waals surface area (Å²) in [5, 5.41) is 0. The Morgan fingerprint density at radius 3 is 2.69 bits per heavy atom. The van der Waals surface area contributed by atoms with E-state index in [0.717, 1.165) is 6.42 Å². The van der Waals surface area contributed by atoms with Gasteiger partial charge in [-0.3, -0.25) is 4.29 Å². The van der Waals surface area contributed by atoms with Crippen LogP contribution in [0.1, 0.15) is 16.7 Å². The van der Waals surface area contributed by atoms with Crippen molar-refractivity contribution in [2.24, 2.45) is 0 Å². The average Bonchev–Trinajstić information content (AvgIpc) is 2.69. The topological polar surface area (TPSA) is 9.23 Å². The molecule has 0 amide bonds. The fraction of sp³-hybridized carbons (Fsp3) is 0.143. The maximum absolute atomic E-state index is 5.35. The van der Waals surface area contributed by atoms with Crippen LogP contribution in [0, 0.1) is 0 Å². The molecule has 0 fully saturated rings. The lowest BCUT2D eigenvalue weighted by molar-refractivity contribution is 0.340. The first kappa shape index (κ1) is 9.88. The molecule has 0 unspecified atom stereocenters. The molecule has 1 aliphatic rings. The first-order valence-corrected chi connectivity index (χ1v) is 5.63. The minimum Gasteiger partial charge on any atom is -0.274 e. The minimum atomic E-state index is 0.471. The molecule has 0 bridgehead atoms. The van der Waals surface area contributed by atoms with Crippen LogP contribution in [0.5, 0.6) is 0 Å². The van der Waals surface area contributed by atoms with Crippen LogP contribution in [0.2, 0.25) is 0 Å². The van der Waals surface area contributed by atoms with Crippen LogP contribution < -0.4 is 0 Å². The summed E-state index contributed by atoms with van der Waals surface area (Å²) in [6.45, 7) is 0.471. The molecular weight excluding hydrogens is 220 g/mol. The first-order valence-electron chi connectivity index (χ1n) is 5.33. The lowest BCUT2D eigenvalue weighted by Crippen LogP contribution is -1.92. The zero-order chi connectivity index (χ0) is 11.0. The van der Waals surface area contributed by atoms with Crippen molar-refractivity contribution in [2.45, 2.75) is 13.0 Å². The van der Waals surface area contributed by atoms with Crippen LogP contribution >= 0.6 is 11.9 Å². The Kier molecular flexibility index (Phi) is 2.43. The number of fused-ring (bicyclic) bond motifs is 3. The molecule has 0 N–H and O–H groups in total. The smallest absolute Gasteiger partial charge is 0.0936 e. The van der Waals surface area contributed by atoms with Gasteiger partial charge >= 0.3 is 0 Å². The molecule has 0 heterocycles. The predicted molar refractivity (Wildman–Crippen MR) is 65.3 cm³/mol. The number of rotatable bonds is 2. The van der Waals surface area contributed by atoms with Crippen molar-refractivity contribution >= 4 is 11.9 Å². The molecule has 0 aromatic heterocycles. The van der Waals surface area contributed by atoms with Gasteiger partial charge in [0.2, 0.25) is 0 Å². The molecule has 0 atom stereocenters. The third-order valence-electron chi connectivity index (χ3n) is 3.16. The third kappa shape index (κ3) is 1.44. The predicted octanol–water partition coefficient (Wildman–Crippen LogP) is 3.93. The largest absolute Gasteiger partial charge is 0.274 e. The van der Waals surface area contributed by atoms with E-state index in [0.29, 0.717) is 6.61 Å². The monoisotopic (exact) mass is 230 g/mol. The summed E-state index contributed by atoms with van der Waals surface area (Å²) in [6.07, 6.45) is 0.988. The van der Waals surface area contributed by atoms with Crippen molar-refractivity contribution in [2.75, 3.05) is 0 Å². The van der Waals surface area contributed by atoms with E-state index in [1.165, 1.54) is 27.8 Å². The van der Waals surface area contributed by atoms with Crippen molar-refractivity contribution < 1.29 is 4.29 Å². The van der Waals surface area contributed by atoms with E-state index in [2.05, 4.69) is 42.5 Å². The quantitative estimate of drug-likeness (QED) is 0.648. The lowest BCUT2D eigenvalue weighted by Gasteiger charge is -2.05. The molecule has 2 aromatic rings. The molecule has 16 heavy (non-hydrogen) atoms. The average molecular weight is 231 g/mol. The van der Waals surface area contributed by atoms with Gasteiger partial charge in [-0.05, 0) is 34.2 Å². The molecule has 1 aliphatic carbocycles. The summed E-state index contributed by atoms with van der Waals surface area (Å²) >= 11 is 5.35. The van der Waals surface area contributed by atoms with Gasteiger partial charge in [0.25, 0.3) is 0 Å². The fourth-order valence-corrected chi connectivity index (χ4v) is 2.53. The second kappa shape index (κ2) is 3.93. The third-order valence-corrected chi connectivity index (χ3v) is 3.27. The van der Waals surface area contributed by atoms with Crippen LogP contribution in [-0.4, -0.2) is 0 Å². The summed E-state index contributed by atoms with van der Waals surface area (Å²) < 4.78 is 4.72. The molecule has 2 aromatic carbocycles. The van der Waals surface area contributed by atoms with Crippen molar-refractivity contribution in [1.29, 1.82) is 0 Å². The van der Waals surface area contributed by atoms with Crippen LogP contribution in [0.25, 0.3) is 11.1 Å². The van der Waals surface area contributed by atoms with Gasteiger partial charge in [-0.1, -0.05) is 42.5 Å². The van der Waals surface area contributed by atoms with Gasteiger partial charge in [-0.15, -0.1) is 0 Å². The van der Waals surface area contributed by atoms with E-state index in [9.17, 15) is 0 Å². The first-order chi connectivity index (χ1) is 7.90. The number of benzene rings is 2. The number of hydrogen-bond donors (Lipinski definition) is 0. The second-order valence-corrected chi connectivity index (χ2v) is 4.25.